The van der Waals surface area contributed by atoms with E-state index in [2.05, 4.69) is 0 Å². The lowest BCUT2D eigenvalue weighted by molar-refractivity contribution is 0.587. The van der Waals surface area contributed by atoms with Crippen LogP contribution >= 0.6 is 0 Å². The van der Waals surface area contributed by atoms with E-state index in [0.29, 0.717) is 0 Å². The fraction of sp³-hybridized carbons (Fsp3) is 0.0667. The van der Waals surface area contributed by atoms with Crippen LogP contribution in [0.2, 0.25) is 0 Å². The summed E-state index contributed by atoms with van der Waals surface area (Å²) in [6.07, 6.45) is 3.08. The topological polar surface area (TPSA) is 121 Å². The normalized spacial score (nSPS) is 12.4. The van der Waals surface area contributed by atoms with E-state index in [9.17, 15) is 16.8 Å². The first-order valence-corrected chi connectivity index (χ1v) is 9.78. The van der Waals surface area contributed by atoms with Crippen LogP contribution in [-0.4, -0.2) is 27.1 Å². The second-order valence-corrected chi connectivity index (χ2v) is 8.57. The predicted octanol–water partition coefficient (Wildman–Crippen LogP) is 1.51. The third-order valence-electron chi connectivity index (χ3n) is 3.05. The van der Waals surface area contributed by atoms with Crippen molar-refractivity contribution in [2.24, 2.45) is 0 Å². The number of nitrogens with zero attached hydrogens (tertiary/aromatic N) is 3. The monoisotopic (exact) mass is 361 g/mol. The van der Waals surface area contributed by atoms with Gasteiger partial charge in [-0.25, -0.2) is 20.8 Å². The molecule has 0 N–H and O–H groups in total. The van der Waals surface area contributed by atoms with Crippen molar-refractivity contribution in [1.82, 2.24) is 3.97 Å². The van der Waals surface area contributed by atoms with Crippen molar-refractivity contribution in [3.05, 3.63) is 58.8 Å². The Bertz CT molecular complexity index is 1110. The van der Waals surface area contributed by atoms with Gasteiger partial charge in [-0.15, -0.1) is 0 Å². The van der Waals surface area contributed by atoms with Crippen molar-refractivity contribution < 1.29 is 16.8 Å². The van der Waals surface area contributed by atoms with Crippen LogP contribution in [0.1, 0.15) is 11.3 Å². The highest BCUT2D eigenvalue weighted by Gasteiger charge is 2.20. The molecule has 0 saturated carbocycles. The Kier molecular flexibility index (Phi) is 4.60. The second-order valence-electron chi connectivity index (χ2n) is 4.77. The Morgan fingerprint density at radius 3 is 2.42 bits per heavy atom. The van der Waals surface area contributed by atoms with Crippen LogP contribution in [0.15, 0.2) is 52.4 Å². The summed E-state index contributed by atoms with van der Waals surface area (Å²) in [5.74, 6) is 0. The average molecular weight is 361 g/mol. The fourth-order valence-electron chi connectivity index (χ4n) is 1.91. The Morgan fingerprint density at radius 1 is 1.12 bits per heavy atom. The van der Waals surface area contributed by atoms with Crippen molar-refractivity contribution in [3.8, 4) is 12.1 Å². The average Bonchev–Trinajstić information content (AvgIpc) is 3.00. The summed E-state index contributed by atoms with van der Waals surface area (Å²) in [6.45, 7) is 0. The van der Waals surface area contributed by atoms with Crippen molar-refractivity contribution in [2.75, 3.05) is 6.26 Å². The predicted molar refractivity (Wildman–Crippen MR) is 86.6 cm³/mol. The maximum absolute atomic E-state index is 12.7. The summed E-state index contributed by atoms with van der Waals surface area (Å²) in [5, 5.41) is 17.8. The summed E-state index contributed by atoms with van der Waals surface area (Å²) in [7, 11) is -7.82. The van der Waals surface area contributed by atoms with Crippen LogP contribution in [-0.2, 0) is 19.9 Å². The zero-order valence-electron chi connectivity index (χ0n) is 12.4. The standard InChI is InChI=1S/C15H11N3O4S2/c1-23(19,20)15(11-17)9-13-5-3-7-18(13)24(21,22)14-6-2-4-12(8-14)10-16/h2-9H,1H3/b15-9+. The molecule has 0 aliphatic heterocycles. The second kappa shape index (κ2) is 6.32. The molecule has 9 heteroatoms. The van der Waals surface area contributed by atoms with E-state index in [1.807, 2.05) is 6.07 Å². The molecule has 7 nitrogen and oxygen atoms in total. The molecule has 0 fully saturated rings. The van der Waals surface area contributed by atoms with Crippen LogP contribution in [0.4, 0.5) is 0 Å². The van der Waals surface area contributed by atoms with Gasteiger partial charge in [0.05, 0.1) is 22.2 Å². The van der Waals surface area contributed by atoms with Crippen LogP contribution in [0.3, 0.4) is 0 Å². The first kappa shape index (κ1) is 17.5. The number of rotatable bonds is 4. The third-order valence-corrected chi connectivity index (χ3v) is 5.76. The van der Waals surface area contributed by atoms with Gasteiger partial charge in [-0.3, -0.25) is 0 Å². The smallest absolute Gasteiger partial charge is 0.242 e. The van der Waals surface area contributed by atoms with Crippen LogP contribution in [0, 0.1) is 22.7 Å². The van der Waals surface area contributed by atoms with Gasteiger partial charge < -0.3 is 0 Å². The summed E-state index contributed by atoms with van der Waals surface area (Å²) >= 11 is 0. The number of sulfone groups is 1. The van der Waals surface area contributed by atoms with Gasteiger partial charge in [0.1, 0.15) is 11.0 Å². The minimum atomic E-state index is -4.04. The van der Waals surface area contributed by atoms with Crippen LogP contribution in [0.25, 0.3) is 6.08 Å². The van der Waals surface area contributed by atoms with E-state index in [1.54, 1.807) is 0 Å². The van der Waals surface area contributed by atoms with Gasteiger partial charge in [-0.2, -0.15) is 10.5 Å². The molecule has 0 aliphatic rings. The molecule has 1 aromatic heterocycles. The first-order valence-electron chi connectivity index (χ1n) is 6.45. The van der Waals surface area contributed by atoms with Crippen molar-refractivity contribution >= 4 is 25.9 Å². The SMILES string of the molecule is CS(=O)(=O)/C(C#N)=C/c1cccn1S(=O)(=O)c1cccc(C#N)c1. The molecule has 2 aromatic rings. The number of nitriles is 2. The maximum Gasteiger partial charge on any atom is 0.268 e. The molecule has 122 valence electrons. The Hall–Kier alpha value is -2.88. The lowest BCUT2D eigenvalue weighted by atomic mass is 10.2. The molecule has 0 atom stereocenters. The molecule has 2 rings (SSSR count). The van der Waals surface area contributed by atoms with Gasteiger partial charge in [0.15, 0.2) is 9.84 Å². The molecular weight excluding hydrogens is 350 g/mol. The van der Waals surface area contributed by atoms with E-state index in [1.165, 1.54) is 48.7 Å². The summed E-state index contributed by atoms with van der Waals surface area (Å²) in [5.41, 5.74) is 0.188. The molecule has 0 aliphatic carbocycles. The Balaban J connectivity index is 2.64. The highest BCUT2D eigenvalue weighted by Crippen LogP contribution is 2.20. The molecule has 0 amide bonds. The zero-order chi connectivity index (χ0) is 18.0. The van der Waals surface area contributed by atoms with E-state index < -0.39 is 24.8 Å². The molecule has 0 saturated heterocycles. The minimum absolute atomic E-state index is 0.0133. The molecule has 0 spiro atoms. The molecular formula is C15H11N3O4S2. The molecule has 0 unspecified atom stereocenters. The lowest BCUT2D eigenvalue weighted by Gasteiger charge is -2.09. The Morgan fingerprint density at radius 2 is 1.83 bits per heavy atom. The molecule has 1 heterocycles. The van der Waals surface area contributed by atoms with Crippen molar-refractivity contribution in [3.63, 3.8) is 0 Å². The lowest BCUT2D eigenvalue weighted by Crippen LogP contribution is -2.14. The number of hydrogen-bond acceptors (Lipinski definition) is 6. The van der Waals surface area contributed by atoms with E-state index >= 15 is 0 Å². The van der Waals surface area contributed by atoms with E-state index in [4.69, 9.17) is 10.5 Å². The highest BCUT2D eigenvalue weighted by molar-refractivity contribution is 7.95. The van der Waals surface area contributed by atoms with Gasteiger partial charge in [0.2, 0.25) is 0 Å². The quantitative estimate of drug-likeness (QED) is 0.761. The first-order chi connectivity index (χ1) is 11.2. The van der Waals surface area contributed by atoms with E-state index in [-0.39, 0.29) is 16.2 Å². The molecule has 0 radical (unpaired) electrons. The van der Waals surface area contributed by atoms with Crippen LogP contribution < -0.4 is 0 Å². The van der Waals surface area contributed by atoms with Crippen molar-refractivity contribution in [2.45, 2.75) is 4.90 Å². The van der Waals surface area contributed by atoms with Crippen molar-refractivity contribution in [1.29, 1.82) is 10.5 Å². The molecule has 0 bridgehead atoms. The maximum atomic E-state index is 12.7. The van der Waals surface area contributed by atoms with E-state index in [0.717, 1.165) is 16.3 Å². The third kappa shape index (κ3) is 3.38. The largest absolute Gasteiger partial charge is 0.268 e. The minimum Gasteiger partial charge on any atom is -0.242 e. The summed E-state index contributed by atoms with van der Waals surface area (Å²) < 4.78 is 49.3. The fourth-order valence-corrected chi connectivity index (χ4v) is 3.78. The summed E-state index contributed by atoms with van der Waals surface area (Å²) in [4.78, 5) is -0.673. The van der Waals surface area contributed by atoms with Gasteiger partial charge >= 0.3 is 0 Å². The van der Waals surface area contributed by atoms with Gasteiger partial charge in [0, 0.05) is 12.5 Å². The Labute approximate surface area is 139 Å². The van der Waals surface area contributed by atoms with Gasteiger partial charge in [-0.1, -0.05) is 6.07 Å². The number of aromatic nitrogens is 1. The number of benzene rings is 1. The van der Waals surface area contributed by atoms with Gasteiger partial charge in [0.25, 0.3) is 10.0 Å². The number of allylic oxidation sites excluding steroid dienone is 1. The molecule has 1 aromatic carbocycles. The summed E-state index contributed by atoms with van der Waals surface area (Å²) in [6, 6.07) is 11.6. The highest BCUT2D eigenvalue weighted by atomic mass is 32.2. The van der Waals surface area contributed by atoms with Crippen LogP contribution in [0.5, 0.6) is 0 Å². The molecule has 24 heavy (non-hydrogen) atoms. The number of hydrogen-bond donors (Lipinski definition) is 0. The van der Waals surface area contributed by atoms with Gasteiger partial charge in [-0.05, 0) is 36.4 Å². The zero-order valence-corrected chi connectivity index (χ0v) is 14.0.